The summed E-state index contributed by atoms with van der Waals surface area (Å²) in [5.41, 5.74) is 15.5. The van der Waals surface area contributed by atoms with Crippen LogP contribution >= 0.6 is 0 Å². The predicted molar refractivity (Wildman–Crippen MR) is 239 cm³/mol. The largest absolute Gasteiger partial charge is 0.456 e. The van der Waals surface area contributed by atoms with E-state index in [-0.39, 0.29) is 0 Å². The SMILES string of the molecule is c1ccc(-c2c3c(cc4c2c2cccc(-c5ccccc5)c2n4-c2ccc(-c4ccc(N(c5ccccc5)c5ccccc5)cc4)cc2)oc2ccccc23)cc1. The van der Waals surface area contributed by atoms with Crippen molar-refractivity contribution < 1.29 is 4.42 Å². The van der Waals surface area contributed by atoms with Gasteiger partial charge >= 0.3 is 0 Å². The van der Waals surface area contributed by atoms with Crippen LogP contribution in [0.5, 0.6) is 0 Å². The first-order chi connectivity index (χ1) is 28.3. The average molecular weight is 729 g/mol. The van der Waals surface area contributed by atoms with Crippen LogP contribution < -0.4 is 4.90 Å². The zero-order valence-corrected chi connectivity index (χ0v) is 31.1. The summed E-state index contributed by atoms with van der Waals surface area (Å²) in [7, 11) is 0. The average Bonchev–Trinajstić information content (AvgIpc) is 3.83. The highest BCUT2D eigenvalue weighted by Gasteiger charge is 2.24. The fraction of sp³-hybridized carbons (Fsp3) is 0. The fourth-order valence-electron chi connectivity index (χ4n) is 8.65. The molecule has 0 aliphatic carbocycles. The molecule has 3 heteroatoms. The van der Waals surface area contributed by atoms with Crippen molar-refractivity contribution in [2.24, 2.45) is 0 Å². The van der Waals surface area contributed by atoms with E-state index in [9.17, 15) is 0 Å². The molecular formula is C54H36N2O. The van der Waals surface area contributed by atoms with Gasteiger partial charge in [-0.3, -0.25) is 0 Å². The van der Waals surface area contributed by atoms with Crippen LogP contribution in [0, 0.1) is 0 Å². The van der Waals surface area contributed by atoms with Gasteiger partial charge in [0.15, 0.2) is 0 Å². The van der Waals surface area contributed by atoms with Gasteiger partial charge in [0, 0.05) is 61.5 Å². The van der Waals surface area contributed by atoms with Gasteiger partial charge < -0.3 is 13.9 Å². The van der Waals surface area contributed by atoms with Crippen molar-refractivity contribution in [3.05, 3.63) is 218 Å². The van der Waals surface area contributed by atoms with E-state index in [0.29, 0.717) is 0 Å². The van der Waals surface area contributed by atoms with E-state index in [1.807, 2.05) is 6.07 Å². The van der Waals surface area contributed by atoms with Gasteiger partial charge in [-0.05, 0) is 76.9 Å². The van der Waals surface area contributed by atoms with Crippen LogP contribution in [0.15, 0.2) is 223 Å². The summed E-state index contributed by atoms with van der Waals surface area (Å²) in [5, 5.41) is 4.69. The van der Waals surface area contributed by atoms with Crippen molar-refractivity contribution in [3.63, 3.8) is 0 Å². The lowest BCUT2D eigenvalue weighted by atomic mass is 9.93. The molecule has 2 aromatic heterocycles. The van der Waals surface area contributed by atoms with Gasteiger partial charge in [-0.2, -0.15) is 0 Å². The Morgan fingerprint density at radius 1 is 0.368 bits per heavy atom. The number of fused-ring (bicyclic) bond motifs is 6. The first kappa shape index (κ1) is 32.8. The topological polar surface area (TPSA) is 21.3 Å². The molecule has 268 valence electrons. The third kappa shape index (κ3) is 5.51. The molecule has 0 saturated heterocycles. The molecule has 11 aromatic rings. The maximum atomic E-state index is 6.67. The minimum Gasteiger partial charge on any atom is -0.456 e. The third-order valence-corrected chi connectivity index (χ3v) is 11.2. The highest BCUT2D eigenvalue weighted by atomic mass is 16.3. The standard InChI is InChI=1S/C54H36N2O/c1-5-16-39(17-6-1)45-25-15-26-47-52-48(36-50-53(46-24-13-14-27-49(46)57-50)51(52)40-18-7-2-8-19-40)56(54(45)47)44-34-30-38(31-35-44)37-28-32-43(33-29-37)55(41-20-9-3-10-21-41)42-22-11-4-12-23-42/h1-36H. The highest BCUT2D eigenvalue weighted by molar-refractivity contribution is 6.28. The minimum absolute atomic E-state index is 0.879. The van der Waals surface area contributed by atoms with E-state index in [1.165, 1.54) is 38.5 Å². The van der Waals surface area contributed by atoms with Gasteiger partial charge in [-0.25, -0.2) is 0 Å². The van der Waals surface area contributed by atoms with E-state index in [2.05, 4.69) is 222 Å². The van der Waals surface area contributed by atoms with Crippen LogP contribution in [-0.2, 0) is 0 Å². The zero-order valence-electron chi connectivity index (χ0n) is 31.1. The molecule has 0 fully saturated rings. The Bertz CT molecular complexity index is 3140. The number of nitrogens with zero attached hydrogens (tertiary/aromatic N) is 2. The van der Waals surface area contributed by atoms with E-state index < -0.39 is 0 Å². The van der Waals surface area contributed by atoms with Crippen molar-refractivity contribution in [1.82, 2.24) is 4.57 Å². The lowest BCUT2D eigenvalue weighted by Crippen LogP contribution is -2.09. The quantitative estimate of drug-likeness (QED) is 0.163. The summed E-state index contributed by atoms with van der Waals surface area (Å²) in [6.07, 6.45) is 0. The molecule has 0 aliphatic heterocycles. The molecule has 0 atom stereocenters. The summed E-state index contributed by atoms with van der Waals surface area (Å²) >= 11 is 0. The number of hydrogen-bond acceptors (Lipinski definition) is 2. The molecule has 9 aromatic carbocycles. The molecule has 0 N–H and O–H groups in total. The Kier molecular flexibility index (Phi) is 7.82. The second kappa shape index (κ2) is 13.6. The van der Waals surface area contributed by atoms with E-state index in [1.54, 1.807) is 0 Å². The smallest absolute Gasteiger partial charge is 0.138 e. The van der Waals surface area contributed by atoms with Crippen molar-refractivity contribution in [1.29, 1.82) is 0 Å². The number of furan rings is 1. The van der Waals surface area contributed by atoms with Crippen LogP contribution in [0.25, 0.3) is 82.8 Å². The summed E-state index contributed by atoms with van der Waals surface area (Å²) in [4.78, 5) is 2.29. The molecule has 0 bridgehead atoms. The Balaban J connectivity index is 1.10. The van der Waals surface area contributed by atoms with Crippen LogP contribution in [-0.4, -0.2) is 4.57 Å². The van der Waals surface area contributed by atoms with Gasteiger partial charge in [0.2, 0.25) is 0 Å². The monoisotopic (exact) mass is 728 g/mol. The number of anilines is 3. The van der Waals surface area contributed by atoms with Gasteiger partial charge in [0.1, 0.15) is 11.2 Å². The van der Waals surface area contributed by atoms with E-state index >= 15 is 0 Å². The zero-order chi connectivity index (χ0) is 37.7. The molecule has 0 aliphatic rings. The van der Waals surface area contributed by atoms with Crippen LogP contribution in [0.2, 0.25) is 0 Å². The summed E-state index contributed by atoms with van der Waals surface area (Å²) in [6.45, 7) is 0. The van der Waals surface area contributed by atoms with Crippen molar-refractivity contribution in [2.45, 2.75) is 0 Å². The molecule has 0 amide bonds. The summed E-state index contributed by atoms with van der Waals surface area (Å²) in [5.74, 6) is 0. The number of rotatable bonds is 7. The number of aromatic nitrogens is 1. The normalized spacial score (nSPS) is 11.5. The van der Waals surface area contributed by atoms with Gasteiger partial charge in [-0.1, -0.05) is 158 Å². The fourth-order valence-corrected chi connectivity index (χ4v) is 8.65. The molecule has 2 heterocycles. The second-order valence-corrected chi connectivity index (χ2v) is 14.5. The first-order valence-corrected chi connectivity index (χ1v) is 19.4. The van der Waals surface area contributed by atoms with Gasteiger partial charge in [-0.15, -0.1) is 0 Å². The molecule has 0 radical (unpaired) electrons. The molecule has 0 spiro atoms. The second-order valence-electron chi connectivity index (χ2n) is 14.5. The Labute approximate surface area is 330 Å². The lowest BCUT2D eigenvalue weighted by molar-refractivity contribution is 0.669. The molecule has 3 nitrogen and oxygen atoms in total. The van der Waals surface area contributed by atoms with E-state index in [0.717, 1.165) is 61.3 Å². The molecule has 57 heavy (non-hydrogen) atoms. The van der Waals surface area contributed by atoms with Gasteiger partial charge in [0.25, 0.3) is 0 Å². The molecule has 0 saturated carbocycles. The first-order valence-electron chi connectivity index (χ1n) is 19.4. The van der Waals surface area contributed by atoms with Crippen LogP contribution in [0.4, 0.5) is 17.1 Å². The number of benzene rings is 9. The lowest BCUT2D eigenvalue weighted by Gasteiger charge is -2.25. The molecule has 11 rings (SSSR count). The number of hydrogen-bond donors (Lipinski definition) is 0. The summed E-state index contributed by atoms with van der Waals surface area (Å²) in [6, 6.07) is 77.9. The Morgan fingerprint density at radius 2 is 0.895 bits per heavy atom. The minimum atomic E-state index is 0.879. The third-order valence-electron chi connectivity index (χ3n) is 11.2. The maximum Gasteiger partial charge on any atom is 0.138 e. The van der Waals surface area contributed by atoms with Crippen LogP contribution in [0.3, 0.4) is 0 Å². The summed E-state index contributed by atoms with van der Waals surface area (Å²) < 4.78 is 9.11. The molecule has 0 unspecified atom stereocenters. The van der Waals surface area contributed by atoms with Crippen molar-refractivity contribution in [2.75, 3.05) is 4.90 Å². The Hall–Kier alpha value is -7.62. The van der Waals surface area contributed by atoms with Crippen LogP contribution in [0.1, 0.15) is 0 Å². The van der Waals surface area contributed by atoms with Crippen molar-refractivity contribution in [3.8, 4) is 39.1 Å². The Morgan fingerprint density at radius 3 is 1.54 bits per heavy atom. The van der Waals surface area contributed by atoms with Gasteiger partial charge in [0.05, 0.1) is 11.0 Å². The number of para-hydroxylation sites is 4. The van der Waals surface area contributed by atoms with E-state index in [4.69, 9.17) is 4.42 Å². The highest BCUT2D eigenvalue weighted by Crippen LogP contribution is 2.48. The van der Waals surface area contributed by atoms with Crippen molar-refractivity contribution >= 4 is 60.8 Å². The molecular weight excluding hydrogens is 693 g/mol. The maximum absolute atomic E-state index is 6.67. The predicted octanol–water partition coefficient (Wildman–Crippen LogP) is 15.2.